The van der Waals surface area contributed by atoms with Gasteiger partial charge in [-0.2, -0.15) is 4.98 Å². The highest BCUT2D eigenvalue weighted by Gasteiger charge is 2.29. The first kappa shape index (κ1) is 21.8. The largest absolute Gasteiger partial charge is 0.479 e. The normalized spacial score (nSPS) is 18.9. The van der Waals surface area contributed by atoms with Gasteiger partial charge in [0.1, 0.15) is 17.6 Å². The molecule has 0 radical (unpaired) electrons. The van der Waals surface area contributed by atoms with Gasteiger partial charge in [0.05, 0.1) is 51.0 Å². The number of alkyl halides is 2. The first-order valence-electron chi connectivity index (χ1n) is 12.2. The van der Waals surface area contributed by atoms with Crippen LogP contribution in [0.25, 0.3) is 27.7 Å². The zero-order valence-electron chi connectivity index (χ0n) is 20.5. The predicted molar refractivity (Wildman–Crippen MR) is 123 cm³/mol. The van der Waals surface area contributed by atoms with Crippen LogP contribution in [0, 0.1) is 5.82 Å². The van der Waals surface area contributed by atoms with Crippen LogP contribution in [0.3, 0.4) is 0 Å². The molecule has 2 aliphatic heterocycles. The molecule has 0 amide bonds. The van der Waals surface area contributed by atoms with Crippen LogP contribution in [0.15, 0.2) is 29.4 Å². The third kappa shape index (κ3) is 4.11. The number of halogens is 3. The number of nitrogens with zero attached hydrogens (tertiary/aromatic N) is 7. The first-order chi connectivity index (χ1) is 17.9. The van der Waals surface area contributed by atoms with Crippen LogP contribution >= 0.6 is 0 Å². The summed E-state index contributed by atoms with van der Waals surface area (Å²) in [6.07, 6.45) is -1.35. The van der Waals surface area contributed by atoms with Gasteiger partial charge < -0.3 is 9.47 Å². The number of hydrogen-bond donors (Lipinski definition) is 1. The lowest BCUT2D eigenvalue weighted by molar-refractivity contribution is -0.0710. The van der Waals surface area contributed by atoms with Gasteiger partial charge in [-0.05, 0) is 30.5 Å². The zero-order valence-corrected chi connectivity index (χ0v) is 19.5. The second-order valence-corrected chi connectivity index (χ2v) is 8.99. The molecular weight excluding hydrogens is 477 g/mol. The highest BCUT2D eigenvalue weighted by Crippen LogP contribution is 2.34. The molecule has 36 heavy (non-hydrogen) atoms. The summed E-state index contributed by atoms with van der Waals surface area (Å²) in [6.45, 7) is 2.73. The second kappa shape index (κ2) is 9.21. The molecule has 1 N–H and O–H groups in total. The fourth-order valence-electron chi connectivity index (χ4n) is 4.82. The standard InChI is InChI=1S/C23H25F3N8O2/c1-35-22-21-20(13-2-3-17-18(8-13)33(31-29-17)10-19(25)26)16(24)9-34(21)30-23(28-22)27-14-4-6-32(7-5-14)15-11-36-12-15/h2-3,8-9,14-15,19H,4-7,10-12H2,1H3,(H,27,30)/i9D. The number of ether oxygens (including phenoxy) is 2. The minimum absolute atomic E-state index is 0.0299. The SMILES string of the molecule is [2H]c1c(F)c(-c2ccc3nnn(CC(F)F)c3c2)c2c(OC)nc(=NC3CCN(C4COC4)CC3)[nH]n12. The van der Waals surface area contributed by atoms with Gasteiger partial charge in [0.25, 0.3) is 6.43 Å². The van der Waals surface area contributed by atoms with Crippen LogP contribution in [0.5, 0.6) is 5.88 Å². The lowest BCUT2D eigenvalue weighted by Crippen LogP contribution is -2.52. The Kier molecular flexibility index (Phi) is 5.58. The van der Waals surface area contributed by atoms with Crippen molar-refractivity contribution in [1.82, 2.24) is 34.5 Å². The van der Waals surface area contributed by atoms with Crippen molar-refractivity contribution in [3.8, 4) is 17.0 Å². The Bertz CT molecular complexity index is 1520. The number of aromatic nitrogens is 6. The number of piperidine rings is 1. The molecule has 6 rings (SSSR count). The quantitative estimate of drug-likeness (QED) is 0.434. The average molecular weight is 504 g/mol. The van der Waals surface area contributed by atoms with Crippen molar-refractivity contribution in [3.05, 3.63) is 35.8 Å². The van der Waals surface area contributed by atoms with Gasteiger partial charge in [-0.25, -0.2) is 22.8 Å². The van der Waals surface area contributed by atoms with E-state index in [2.05, 4.69) is 25.3 Å². The van der Waals surface area contributed by atoms with Gasteiger partial charge >= 0.3 is 0 Å². The smallest absolute Gasteiger partial charge is 0.258 e. The summed E-state index contributed by atoms with van der Waals surface area (Å²) in [4.78, 5) is 11.6. The fourth-order valence-corrected chi connectivity index (χ4v) is 4.82. The minimum atomic E-state index is -2.62. The van der Waals surface area contributed by atoms with Gasteiger partial charge in [0.2, 0.25) is 11.5 Å². The Hall–Kier alpha value is -3.45. The van der Waals surface area contributed by atoms with Crippen molar-refractivity contribution >= 4 is 16.6 Å². The molecule has 3 aromatic heterocycles. The maximum absolute atomic E-state index is 15.5. The lowest BCUT2D eigenvalue weighted by Gasteiger charge is -2.40. The molecule has 2 aliphatic rings. The zero-order chi connectivity index (χ0) is 25.7. The van der Waals surface area contributed by atoms with E-state index in [1.54, 1.807) is 12.1 Å². The number of likely N-dealkylation sites (tertiary alicyclic amines) is 1. The third-order valence-electron chi connectivity index (χ3n) is 6.76. The molecule has 2 fully saturated rings. The second-order valence-electron chi connectivity index (χ2n) is 8.99. The summed E-state index contributed by atoms with van der Waals surface area (Å²) in [5.41, 5.74) is 1.57. The number of aromatic amines is 1. The molecular formula is C23H25F3N8O2. The van der Waals surface area contributed by atoms with Crippen molar-refractivity contribution < 1.29 is 24.0 Å². The third-order valence-corrected chi connectivity index (χ3v) is 6.76. The predicted octanol–water partition coefficient (Wildman–Crippen LogP) is 2.25. The molecule has 10 nitrogen and oxygen atoms in total. The number of hydrogen-bond acceptors (Lipinski definition) is 7. The fraction of sp³-hybridized carbons (Fsp3) is 0.478. The molecule has 5 heterocycles. The number of methoxy groups -OCH3 is 1. The molecule has 0 spiro atoms. The highest BCUT2D eigenvalue weighted by molar-refractivity contribution is 5.89. The van der Waals surface area contributed by atoms with E-state index in [9.17, 15) is 8.78 Å². The Balaban J connectivity index is 1.39. The van der Waals surface area contributed by atoms with Gasteiger partial charge in [-0.15, -0.1) is 5.10 Å². The van der Waals surface area contributed by atoms with Gasteiger partial charge in [0.15, 0.2) is 5.82 Å². The Morgan fingerprint density at radius 2 is 2.11 bits per heavy atom. The monoisotopic (exact) mass is 503 g/mol. The van der Waals surface area contributed by atoms with E-state index in [4.69, 9.17) is 15.8 Å². The van der Waals surface area contributed by atoms with Crippen molar-refractivity contribution in [2.24, 2.45) is 4.99 Å². The number of nitrogens with one attached hydrogen (secondary N) is 1. The number of fused-ring (bicyclic) bond motifs is 2. The van der Waals surface area contributed by atoms with Crippen LogP contribution in [-0.2, 0) is 11.3 Å². The summed E-state index contributed by atoms with van der Waals surface area (Å²) < 4.78 is 62.9. The van der Waals surface area contributed by atoms with Crippen LogP contribution in [-0.4, -0.2) is 86.4 Å². The Labute approximate surface area is 204 Å². The van der Waals surface area contributed by atoms with Gasteiger partial charge in [-0.1, -0.05) is 11.3 Å². The van der Waals surface area contributed by atoms with E-state index in [1.165, 1.54) is 17.7 Å². The topological polar surface area (TPSA) is 97.9 Å². The molecule has 0 atom stereocenters. The van der Waals surface area contributed by atoms with Crippen molar-refractivity contribution in [3.63, 3.8) is 0 Å². The van der Waals surface area contributed by atoms with Crippen molar-refractivity contribution in [2.45, 2.75) is 37.9 Å². The highest BCUT2D eigenvalue weighted by atomic mass is 19.3. The molecule has 1 aromatic carbocycles. The van der Waals surface area contributed by atoms with E-state index in [-0.39, 0.29) is 28.6 Å². The summed E-state index contributed by atoms with van der Waals surface area (Å²) in [5, 5.41) is 10.6. The van der Waals surface area contributed by atoms with Gasteiger partial charge in [-0.3, -0.25) is 14.5 Å². The molecule has 190 valence electrons. The summed E-state index contributed by atoms with van der Waals surface area (Å²) >= 11 is 0. The molecule has 0 unspecified atom stereocenters. The van der Waals surface area contributed by atoms with Crippen LogP contribution in [0.4, 0.5) is 13.2 Å². The maximum Gasteiger partial charge on any atom is 0.258 e. The summed E-state index contributed by atoms with van der Waals surface area (Å²) in [6, 6.07) is 5.20. The van der Waals surface area contributed by atoms with E-state index >= 15 is 4.39 Å². The minimum Gasteiger partial charge on any atom is -0.479 e. The average Bonchev–Trinajstić information content (AvgIpc) is 3.36. The molecule has 4 aromatic rings. The van der Waals surface area contributed by atoms with Crippen LogP contribution in [0.2, 0.25) is 0 Å². The van der Waals surface area contributed by atoms with Crippen LogP contribution < -0.4 is 10.4 Å². The van der Waals surface area contributed by atoms with E-state index in [0.717, 1.165) is 43.8 Å². The maximum atomic E-state index is 15.5. The Morgan fingerprint density at radius 3 is 2.81 bits per heavy atom. The molecule has 0 bridgehead atoms. The molecule has 2 saturated heterocycles. The first-order valence-corrected chi connectivity index (χ1v) is 11.7. The van der Waals surface area contributed by atoms with Crippen molar-refractivity contribution in [2.75, 3.05) is 33.4 Å². The molecule has 13 heteroatoms. The van der Waals surface area contributed by atoms with E-state index in [0.29, 0.717) is 22.6 Å². The summed E-state index contributed by atoms with van der Waals surface area (Å²) in [5.74, 6) is -0.718. The Morgan fingerprint density at radius 1 is 1.31 bits per heavy atom. The number of H-pyrrole nitrogens is 1. The number of benzene rings is 1. The van der Waals surface area contributed by atoms with Crippen LogP contribution in [0.1, 0.15) is 14.2 Å². The van der Waals surface area contributed by atoms with E-state index < -0.39 is 25.0 Å². The lowest BCUT2D eigenvalue weighted by atomic mass is 10.0. The summed E-state index contributed by atoms with van der Waals surface area (Å²) in [7, 11) is 1.41. The van der Waals surface area contributed by atoms with E-state index in [1.807, 2.05) is 0 Å². The number of rotatable bonds is 6. The van der Waals surface area contributed by atoms with Crippen molar-refractivity contribution in [1.29, 1.82) is 0 Å². The molecule has 0 saturated carbocycles. The van der Waals surface area contributed by atoms with Gasteiger partial charge in [0, 0.05) is 13.1 Å². The molecule has 0 aliphatic carbocycles.